The number of aliphatic carboxylic acids is 2. The van der Waals surface area contributed by atoms with Gasteiger partial charge >= 0.3 is 18.0 Å². The number of carbonyl (C=O) groups is 5. The normalized spacial score (nSPS) is 17.5. The third-order valence-corrected chi connectivity index (χ3v) is 10.9. The number of amides is 3. The zero-order valence-electron chi connectivity index (χ0n) is 34.4. The molecule has 2 aliphatic carbocycles. The number of nitrogens with zero attached hydrogens (tertiary/aromatic N) is 6. The van der Waals surface area contributed by atoms with Gasteiger partial charge in [0.05, 0.1) is 6.20 Å². The van der Waals surface area contributed by atoms with E-state index in [0.717, 1.165) is 43.9 Å². The highest BCUT2D eigenvalue weighted by atomic mass is 35.5. The number of anilines is 2. The van der Waals surface area contributed by atoms with Crippen LogP contribution in [0.5, 0.6) is 11.5 Å². The van der Waals surface area contributed by atoms with Crippen molar-refractivity contribution >= 4 is 64.6 Å². The molecule has 4 aliphatic rings. The van der Waals surface area contributed by atoms with Gasteiger partial charge in [0, 0.05) is 144 Å². The lowest BCUT2D eigenvalue weighted by molar-refractivity contribution is -0.148. The van der Waals surface area contributed by atoms with Crippen LogP contribution >= 0.6 is 23.2 Å². The van der Waals surface area contributed by atoms with E-state index in [1.165, 1.54) is 24.7 Å². The van der Waals surface area contributed by atoms with E-state index in [1.807, 2.05) is 18.2 Å². The van der Waals surface area contributed by atoms with Gasteiger partial charge in [-0.1, -0.05) is 35.3 Å². The largest absolute Gasteiger partial charge is 0.478 e. The Hall–Kier alpha value is -5.73. The molecule has 21 heteroatoms. The van der Waals surface area contributed by atoms with Crippen molar-refractivity contribution in [2.45, 2.75) is 63.8 Å². The average molecular weight is 898 g/mol. The molecule has 6 N–H and O–H groups in total. The number of aromatic nitrogens is 4. The number of piperazine rings is 2. The summed E-state index contributed by atoms with van der Waals surface area (Å²) in [6.07, 6.45) is 5.17. The van der Waals surface area contributed by atoms with E-state index in [2.05, 4.69) is 41.0 Å². The van der Waals surface area contributed by atoms with Crippen molar-refractivity contribution in [1.82, 2.24) is 40.0 Å². The maximum atomic E-state index is 12.7. The van der Waals surface area contributed by atoms with Crippen LogP contribution < -0.4 is 25.4 Å². The Balaban J connectivity index is 0.000000182. The molecule has 2 aromatic carbocycles. The Kier molecular flexibility index (Phi) is 15.1. The molecule has 332 valence electrons. The Labute approximate surface area is 367 Å². The highest BCUT2D eigenvalue weighted by Gasteiger charge is 2.54. The highest BCUT2D eigenvalue weighted by molar-refractivity contribution is 6.31. The molecule has 4 aromatic rings. The van der Waals surface area contributed by atoms with Crippen molar-refractivity contribution in [3.05, 3.63) is 82.1 Å². The first-order valence-corrected chi connectivity index (χ1v) is 20.9. The van der Waals surface area contributed by atoms with Crippen LogP contribution in [0.25, 0.3) is 0 Å². The van der Waals surface area contributed by atoms with Crippen molar-refractivity contribution in [2.24, 2.45) is 0 Å². The first-order valence-electron chi connectivity index (χ1n) is 20.1. The van der Waals surface area contributed by atoms with Crippen molar-refractivity contribution < 1.29 is 43.7 Å². The van der Waals surface area contributed by atoms with Crippen molar-refractivity contribution in [2.75, 3.05) is 63.0 Å². The molecule has 8 rings (SSSR count). The molecule has 0 spiro atoms. The van der Waals surface area contributed by atoms with E-state index in [0.29, 0.717) is 91.6 Å². The van der Waals surface area contributed by atoms with Crippen LogP contribution in [0.1, 0.15) is 50.7 Å². The smallest absolute Gasteiger partial charge is 0.348 e. The number of aromatic amines is 1. The number of carbonyl (C=O) groups excluding carboxylic acids is 3. The number of hydrogen-bond acceptors (Lipinski definition) is 12. The van der Waals surface area contributed by atoms with Crippen molar-refractivity contribution in [3.63, 3.8) is 0 Å². The molecule has 4 fully saturated rings. The number of benzene rings is 2. The standard InChI is InChI=1S/C21H24ClN5O5.C15H19ClN2O3.C5H7N3O/c1-14(28)23-18-4-7-27(24-18)20(31)26-10-8-25(9-11-26)13-15-2-3-16(22)12-17(15)32-21(5-6-21)19(29)30;16-12-2-1-11(10-18-7-5-17-6-8-18)13(9-12)21-15(3-4-15)14(19)20;1-4(9)7-5-2-3-6-8-5/h2-4,7,12H,5-6,8-11,13H2,1H3,(H,29,30)(H,23,24,28);1-2,9,17H,3-8,10H2,(H,19,20);2-3H,1H3,(H2,6,7,8,9). The highest BCUT2D eigenvalue weighted by Crippen LogP contribution is 2.43. The fourth-order valence-corrected chi connectivity index (χ4v) is 6.99. The first-order chi connectivity index (χ1) is 29.6. The van der Waals surface area contributed by atoms with Gasteiger partial charge in [-0.3, -0.25) is 24.5 Å². The second kappa shape index (κ2) is 20.4. The number of nitrogens with one attached hydrogen (secondary N) is 4. The van der Waals surface area contributed by atoms with Gasteiger partial charge in [0.1, 0.15) is 17.3 Å². The summed E-state index contributed by atoms with van der Waals surface area (Å²) in [4.78, 5) is 63.2. The number of H-pyrrole nitrogens is 1. The summed E-state index contributed by atoms with van der Waals surface area (Å²) >= 11 is 12.2. The van der Waals surface area contributed by atoms with Gasteiger partial charge in [-0.05, 0) is 24.3 Å². The summed E-state index contributed by atoms with van der Waals surface area (Å²) in [6, 6.07) is 13.7. The van der Waals surface area contributed by atoms with Gasteiger partial charge in [-0.25, -0.2) is 14.4 Å². The van der Waals surface area contributed by atoms with E-state index >= 15 is 0 Å². The molecule has 2 aromatic heterocycles. The van der Waals surface area contributed by atoms with Gasteiger partial charge in [-0.2, -0.15) is 9.78 Å². The molecule has 19 nitrogen and oxygen atoms in total. The number of halogens is 2. The summed E-state index contributed by atoms with van der Waals surface area (Å²) in [5.74, 6) is -0.167. The molecule has 0 unspecified atom stereocenters. The van der Waals surface area contributed by atoms with Gasteiger partial charge in [0.2, 0.25) is 23.0 Å². The van der Waals surface area contributed by atoms with Crippen LogP contribution in [0, 0.1) is 0 Å². The zero-order valence-corrected chi connectivity index (χ0v) is 35.9. The maximum Gasteiger partial charge on any atom is 0.348 e. The topological polar surface area (TPSA) is 237 Å². The SMILES string of the molecule is CC(=O)Nc1ccn(C(=O)N2CCN(Cc3ccc(Cl)cc3OC3(C(=O)O)CC3)CC2)n1.CC(=O)Nc1ccn[nH]1.O=C(O)C1(Oc2cc(Cl)ccc2CN2CCNCC2)CC1. The van der Waals surface area contributed by atoms with E-state index in [1.54, 1.807) is 41.4 Å². The van der Waals surface area contributed by atoms with E-state index in [9.17, 15) is 34.2 Å². The molecule has 2 saturated heterocycles. The Morgan fingerprint density at radius 1 is 0.726 bits per heavy atom. The lowest BCUT2D eigenvalue weighted by Crippen LogP contribution is -2.49. The monoisotopic (exact) mass is 896 g/mol. The van der Waals surface area contributed by atoms with E-state index in [-0.39, 0.29) is 17.8 Å². The molecular weight excluding hydrogens is 847 g/mol. The average Bonchev–Trinajstić information content (AvgIpc) is 4.09. The van der Waals surface area contributed by atoms with Crippen LogP contribution in [-0.4, -0.2) is 138 Å². The van der Waals surface area contributed by atoms with Crippen molar-refractivity contribution in [1.29, 1.82) is 0 Å². The minimum atomic E-state index is -1.15. The Morgan fingerprint density at radius 2 is 1.24 bits per heavy atom. The number of carboxylic acids is 2. The number of ether oxygens (including phenoxy) is 2. The molecule has 0 radical (unpaired) electrons. The minimum absolute atomic E-state index is 0.0979. The van der Waals surface area contributed by atoms with Crippen LogP contribution in [0.4, 0.5) is 16.4 Å². The first kappa shape index (κ1) is 45.8. The van der Waals surface area contributed by atoms with Crippen LogP contribution in [0.2, 0.25) is 10.0 Å². The van der Waals surface area contributed by atoms with Gasteiger partial charge in [0.25, 0.3) is 0 Å². The Bertz CT molecular complexity index is 2220. The summed E-state index contributed by atoms with van der Waals surface area (Å²) < 4.78 is 12.9. The lowest BCUT2D eigenvalue weighted by Gasteiger charge is -2.34. The fraction of sp³-hybridized carbons (Fsp3) is 0.439. The van der Waals surface area contributed by atoms with Gasteiger partial charge in [0.15, 0.2) is 5.82 Å². The molecule has 0 bridgehead atoms. The summed E-state index contributed by atoms with van der Waals surface area (Å²) in [7, 11) is 0. The number of hydrogen-bond donors (Lipinski definition) is 6. The van der Waals surface area contributed by atoms with E-state index < -0.39 is 23.1 Å². The fourth-order valence-electron chi connectivity index (χ4n) is 6.66. The zero-order chi connectivity index (χ0) is 44.4. The predicted molar refractivity (Wildman–Crippen MR) is 229 cm³/mol. The number of carboxylic acid groups (broad SMARTS) is 2. The summed E-state index contributed by atoms with van der Waals surface area (Å²) in [6.45, 7) is 10.3. The van der Waals surface area contributed by atoms with Crippen LogP contribution in [-0.2, 0) is 32.3 Å². The number of rotatable bonds is 12. The van der Waals surface area contributed by atoms with Gasteiger partial charge in [-0.15, -0.1) is 5.10 Å². The van der Waals surface area contributed by atoms with Crippen LogP contribution in [0.15, 0.2) is 60.9 Å². The van der Waals surface area contributed by atoms with Crippen LogP contribution in [0.3, 0.4) is 0 Å². The quantitative estimate of drug-likeness (QED) is 0.116. The second-order valence-electron chi connectivity index (χ2n) is 15.4. The third kappa shape index (κ3) is 12.7. The predicted octanol–water partition coefficient (Wildman–Crippen LogP) is 4.39. The van der Waals surface area contributed by atoms with Gasteiger partial charge < -0.3 is 40.5 Å². The summed E-state index contributed by atoms with van der Waals surface area (Å²) in [5.41, 5.74) is -0.338. The van der Waals surface area contributed by atoms with E-state index in [4.69, 9.17) is 32.7 Å². The van der Waals surface area contributed by atoms with Crippen molar-refractivity contribution in [3.8, 4) is 11.5 Å². The molecular formula is C41H50Cl2N10O9. The molecule has 2 saturated carbocycles. The molecule has 3 amide bonds. The Morgan fingerprint density at radius 3 is 1.69 bits per heavy atom. The summed E-state index contributed by atoms with van der Waals surface area (Å²) in [5, 5.41) is 38.5. The third-order valence-electron chi connectivity index (χ3n) is 10.4. The molecule has 4 heterocycles. The molecule has 2 aliphatic heterocycles. The molecule has 0 atom stereocenters. The lowest BCUT2D eigenvalue weighted by atomic mass is 10.1. The minimum Gasteiger partial charge on any atom is -0.478 e. The second-order valence-corrected chi connectivity index (χ2v) is 16.2. The molecule has 62 heavy (non-hydrogen) atoms. The maximum absolute atomic E-state index is 12.7.